The van der Waals surface area contributed by atoms with Crippen LogP contribution in [-0.2, 0) is 15.8 Å². The van der Waals surface area contributed by atoms with Gasteiger partial charge in [0, 0.05) is 25.5 Å². The van der Waals surface area contributed by atoms with Gasteiger partial charge < -0.3 is 10.2 Å². The summed E-state index contributed by atoms with van der Waals surface area (Å²) < 4.78 is 51.7. The molecule has 0 radical (unpaired) electrons. The van der Waals surface area contributed by atoms with Gasteiger partial charge in [0.15, 0.2) is 5.78 Å². The first kappa shape index (κ1) is 22.1. The Morgan fingerprint density at radius 1 is 0.966 bits per heavy atom. The molecule has 2 aromatic carbocycles. The van der Waals surface area contributed by atoms with Gasteiger partial charge in [-0.05, 0) is 36.4 Å². The fourth-order valence-electron chi connectivity index (χ4n) is 2.52. The number of likely N-dealkylation sites (N-methyl/N-ethyl adjacent to an activating group) is 1. The Kier molecular flexibility index (Phi) is 7.08. The number of anilines is 1. The summed E-state index contributed by atoms with van der Waals surface area (Å²) in [7, 11) is 1.31. The lowest BCUT2D eigenvalue weighted by Crippen LogP contribution is -2.35. The van der Waals surface area contributed by atoms with Gasteiger partial charge in [0.05, 0.1) is 17.8 Å². The SMILES string of the molecule is CN(CC(=O)Nc1ccccc1C(F)(F)F)C(=O)CCC(=O)c1ccc(F)cc1. The first-order valence-electron chi connectivity index (χ1n) is 8.56. The molecule has 5 nitrogen and oxygen atoms in total. The van der Waals surface area contributed by atoms with Crippen molar-refractivity contribution in [3.8, 4) is 0 Å². The maximum atomic E-state index is 13.0. The number of hydrogen-bond donors (Lipinski definition) is 1. The third kappa shape index (κ3) is 6.41. The summed E-state index contributed by atoms with van der Waals surface area (Å²) in [6, 6.07) is 9.37. The zero-order valence-electron chi connectivity index (χ0n) is 15.4. The summed E-state index contributed by atoms with van der Waals surface area (Å²) in [4.78, 5) is 37.1. The minimum Gasteiger partial charge on any atom is -0.336 e. The maximum absolute atomic E-state index is 13.0. The third-order valence-corrected chi connectivity index (χ3v) is 4.05. The highest BCUT2D eigenvalue weighted by Gasteiger charge is 2.33. The van der Waals surface area contributed by atoms with Crippen LogP contribution in [0.1, 0.15) is 28.8 Å². The summed E-state index contributed by atoms with van der Waals surface area (Å²) in [6.07, 6.45) is -4.97. The third-order valence-electron chi connectivity index (χ3n) is 4.05. The van der Waals surface area contributed by atoms with Crippen molar-refractivity contribution in [1.82, 2.24) is 4.90 Å². The minimum absolute atomic E-state index is 0.146. The lowest BCUT2D eigenvalue weighted by atomic mass is 10.1. The molecule has 2 rings (SSSR count). The highest BCUT2D eigenvalue weighted by Crippen LogP contribution is 2.34. The lowest BCUT2D eigenvalue weighted by molar-refractivity contribution is -0.137. The second-order valence-corrected chi connectivity index (χ2v) is 6.27. The van der Waals surface area contributed by atoms with E-state index < -0.39 is 41.6 Å². The van der Waals surface area contributed by atoms with E-state index in [0.717, 1.165) is 29.2 Å². The topological polar surface area (TPSA) is 66.5 Å². The van der Waals surface area contributed by atoms with E-state index in [4.69, 9.17) is 0 Å². The number of Topliss-reactive ketones (excluding diaryl/α,β-unsaturated/α-hetero) is 1. The Morgan fingerprint density at radius 3 is 2.21 bits per heavy atom. The molecule has 29 heavy (non-hydrogen) atoms. The number of nitrogens with zero attached hydrogens (tertiary/aromatic N) is 1. The van der Waals surface area contributed by atoms with Crippen LogP contribution in [0.25, 0.3) is 0 Å². The highest BCUT2D eigenvalue weighted by molar-refractivity contribution is 5.99. The number of carbonyl (C=O) groups excluding carboxylic acids is 3. The molecule has 0 unspecified atom stereocenters. The van der Waals surface area contributed by atoms with Crippen molar-refractivity contribution in [2.24, 2.45) is 0 Å². The van der Waals surface area contributed by atoms with Crippen LogP contribution in [0.15, 0.2) is 48.5 Å². The quantitative estimate of drug-likeness (QED) is 0.556. The fraction of sp³-hybridized carbons (Fsp3) is 0.250. The summed E-state index contributed by atoms with van der Waals surface area (Å²) in [5.41, 5.74) is -1.15. The first-order chi connectivity index (χ1) is 13.6. The second-order valence-electron chi connectivity index (χ2n) is 6.27. The highest BCUT2D eigenvalue weighted by atomic mass is 19.4. The number of nitrogens with one attached hydrogen (secondary N) is 1. The van der Waals surface area contributed by atoms with Gasteiger partial charge in [-0.15, -0.1) is 0 Å². The normalized spacial score (nSPS) is 11.1. The van der Waals surface area contributed by atoms with E-state index in [9.17, 15) is 31.9 Å². The molecule has 9 heteroatoms. The molecular weight excluding hydrogens is 392 g/mol. The number of para-hydroxylation sites is 1. The zero-order chi connectivity index (χ0) is 21.6. The van der Waals surface area contributed by atoms with E-state index in [1.165, 1.54) is 31.3 Å². The van der Waals surface area contributed by atoms with Crippen LogP contribution in [0.2, 0.25) is 0 Å². The number of halogens is 4. The van der Waals surface area contributed by atoms with Crippen LogP contribution < -0.4 is 5.32 Å². The Morgan fingerprint density at radius 2 is 1.59 bits per heavy atom. The number of alkyl halides is 3. The van der Waals surface area contributed by atoms with Crippen molar-refractivity contribution in [1.29, 1.82) is 0 Å². The molecule has 0 aliphatic rings. The Balaban J connectivity index is 1.88. The van der Waals surface area contributed by atoms with Crippen molar-refractivity contribution in [2.75, 3.05) is 18.9 Å². The van der Waals surface area contributed by atoms with E-state index in [-0.39, 0.29) is 24.2 Å². The van der Waals surface area contributed by atoms with Gasteiger partial charge in [-0.25, -0.2) is 4.39 Å². The molecule has 0 fully saturated rings. The van der Waals surface area contributed by atoms with Crippen LogP contribution in [0.4, 0.5) is 23.2 Å². The molecule has 154 valence electrons. The fourth-order valence-corrected chi connectivity index (χ4v) is 2.52. The summed E-state index contributed by atoms with van der Waals surface area (Å²) in [5, 5.41) is 2.14. The predicted molar refractivity (Wildman–Crippen MR) is 97.7 cm³/mol. The summed E-state index contributed by atoms with van der Waals surface area (Å²) in [5.74, 6) is -2.19. The van der Waals surface area contributed by atoms with Crippen LogP contribution >= 0.6 is 0 Å². The van der Waals surface area contributed by atoms with Gasteiger partial charge >= 0.3 is 6.18 Å². The van der Waals surface area contributed by atoms with Crippen LogP contribution in [0.5, 0.6) is 0 Å². The number of benzene rings is 2. The van der Waals surface area contributed by atoms with E-state index in [1.807, 2.05) is 0 Å². The molecule has 1 N–H and O–H groups in total. The Bertz CT molecular complexity index is 895. The number of amides is 2. The molecule has 0 aliphatic carbocycles. The van der Waals surface area contributed by atoms with Crippen molar-refractivity contribution >= 4 is 23.3 Å². The van der Waals surface area contributed by atoms with Gasteiger partial charge in [-0.3, -0.25) is 14.4 Å². The van der Waals surface area contributed by atoms with Crippen LogP contribution in [-0.4, -0.2) is 36.1 Å². The molecule has 0 saturated heterocycles. The maximum Gasteiger partial charge on any atom is 0.418 e. The zero-order valence-corrected chi connectivity index (χ0v) is 15.4. The first-order valence-corrected chi connectivity index (χ1v) is 8.56. The Labute approximate surface area is 164 Å². The molecule has 0 heterocycles. The van der Waals surface area contributed by atoms with Gasteiger partial charge in [-0.1, -0.05) is 12.1 Å². The van der Waals surface area contributed by atoms with Gasteiger partial charge in [0.2, 0.25) is 11.8 Å². The summed E-state index contributed by atoms with van der Waals surface area (Å²) in [6.45, 7) is -0.476. The van der Waals surface area contributed by atoms with E-state index in [1.54, 1.807) is 0 Å². The van der Waals surface area contributed by atoms with E-state index >= 15 is 0 Å². The van der Waals surface area contributed by atoms with Gasteiger partial charge in [0.1, 0.15) is 5.82 Å². The number of hydrogen-bond acceptors (Lipinski definition) is 3. The molecule has 0 bridgehead atoms. The van der Waals surface area contributed by atoms with Gasteiger partial charge in [-0.2, -0.15) is 13.2 Å². The van der Waals surface area contributed by atoms with Crippen molar-refractivity contribution < 1.29 is 31.9 Å². The number of ketones is 1. The van der Waals surface area contributed by atoms with E-state index in [0.29, 0.717) is 0 Å². The van der Waals surface area contributed by atoms with Crippen molar-refractivity contribution in [3.63, 3.8) is 0 Å². The standard InChI is InChI=1S/C20H18F4N2O3/c1-26(19(29)11-10-17(27)13-6-8-14(21)9-7-13)12-18(28)25-16-5-3-2-4-15(16)20(22,23)24/h2-9H,10-12H2,1H3,(H,25,28). The van der Waals surface area contributed by atoms with Crippen molar-refractivity contribution in [2.45, 2.75) is 19.0 Å². The Hall–Kier alpha value is -3.23. The van der Waals surface area contributed by atoms with Crippen LogP contribution in [0.3, 0.4) is 0 Å². The molecule has 0 aliphatic heterocycles. The molecule has 2 amide bonds. The predicted octanol–water partition coefficient (Wildman–Crippen LogP) is 3.90. The molecule has 0 aromatic heterocycles. The number of carbonyl (C=O) groups is 3. The average molecular weight is 410 g/mol. The summed E-state index contributed by atoms with van der Waals surface area (Å²) >= 11 is 0. The molecule has 2 aromatic rings. The van der Waals surface area contributed by atoms with Crippen molar-refractivity contribution in [3.05, 3.63) is 65.5 Å². The lowest BCUT2D eigenvalue weighted by Gasteiger charge is -2.18. The van der Waals surface area contributed by atoms with Crippen LogP contribution in [0, 0.1) is 5.82 Å². The second kappa shape index (κ2) is 9.31. The van der Waals surface area contributed by atoms with E-state index in [2.05, 4.69) is 5.32 Å². The average Bonchev–Trinajstić information content (AvgIpc) is 2.65. The van der Waals surface area contributed by atoms with Gasteiger partial charge in [0.25, 0.3) is 0 Å². The smallest absolute Gasteiger partial charge is 0.336 e. The monoisotopic (exact) mass is 410 g/mol. The molecular formula is C20H18F4N2O3. The minimum atomic E-state index is -4.63. The molecule has 0 atom stereocenters. The molecule has 0 spiro atoms. The largest absolute Gasteiger partial charge is 0.418 e. The molecule has 0 saturated carbocycles. The number of rotatable bonds is 7.